The van der Waals surface area contributed by atoms with E-state index in [0.29, 0.717) is 18.9 Å². The van der Waals surface area contributed by atoms with Gasteiger partial charge in [0.05, 0.1) is 19.3 Å². The summed E-state index contributed by atoms with van der Waals surface area (Å²) >= 11 is 0. The molecule has 0 bridgehead atoms. The topological polar surface area (TPSA) is 68.8 Å². The second-order valence-corrected chi connectivity index (χ2v) is 6.34. The molecule has 1 unspecified atom stereocenters. The second-order valence-electron chi connectivity index (χ2n) is 6.34. The zero-order chi connectivity index (χ0) is 18.9. The van der Waals surface area contributed by atoms with Crippen molar-refractivity contribution in [2.45, 2.75) is 25.9 Å². The Balaban J connectivity index is 1.42. The summed E-state index contributed by atoms with van der Waals surface area (Å²) in [6.07, 6.45) is 2.39. The molecule has 0 aromatic heterocycles. The number of anilines is 1. The maximum absolute atomic E-state index is 12.0. The molecule has 6 heteroatoms. The molecule has 1 aliphatic heterocycles. The fraction of sp³-hybridized carbons (Fsp3) is 0.381. The summed E-state index contributed by atoms with van der Waals surface area (Å²) in [5.41, 5.74) is 0.734. The number of carbonyl (C=O) groups is 1. The Morgan fingerprint density at radius 1 is 1.07 bits per heavy atom. The molecular weight excluding hydrogens is 344 g/mol. The Kier molecular flexibility index (Phi) is 7.07. The summed E-state index contributed by atoms with van der Waals surface area (Å²) in [6, 6.07) is 14.8. The van der Waals surface area contributed by atoms with Crippen LogP contribution in [-0.2, 0) is 9.53 Å². The number of ether oxygens (including phenoxy) is 3. The molecular formula is C21H26N2O4. The highest BCUT2D eigenvalue weighted by atomic mass is 16.5. The van der Waals surface area contributed by atoms with Crippen molar-refractivity contribution >= 4 is 11.6 Å². The van der Waals surface area contributed by atoms with E-state index >= 15 is 0 Å². The lowest BCUT2D eigenvalue weighted by atomic mass is 10.2. The molecule has 27 heavy (non-hydrogen) atoms. The number of amides is 1. The van der Waals surface area contributed by atoms with E-state index in [9.17, 15) is 4.79 Å². The van der Waals surface area contributed by atoms with Crippen molar-refractivity contribution in [3.05, 3.63) is 48.5 Å². The van der Waals surface area contributed by atoms with E-state index in [4.69, 9.17) is 14.2 Å². The third-order valence-electron chi connectivity index (χ3n) is 4.19. The lowest BCUT2D eigenvalue weighted by molar-refractivity contribution is -0.115. The fourth-order valence-corrected chi connectivity index (χ4v) is 2.87. The van der Waals surface area contributed by atoms with E-state index in [1.54, 1.807) is 0 Å². The Labute approximate surface area is 159 Å². The van der Waals surface area contributed by atoms with E-state index in [2.05, 4.69) is 10.6 Å². The average molecular weight is 370 g/mol. The van der Waals surface area contributed by atoms with E-state index in [-0.39, 0.29) is 18.6 Å². The van der Waals surface area contributed by atoms with Crippen LogP contribution < -0.4 is 20.1 Å². The number of rotatable bonds is 9. The SMILES string of the molecule is CCOc1ccc(Oc2ccc(NC(=O)CNCC3CCCO3)cc2)cc1. The predicted octanol–water partition coefficient (Wildman–Crippen LogP) is 3.58. The van der Waals surface area contributed by atoms with Crippen LogP contribution in [0.2, 0.25) is 0 Å². The molecule has 2 N–H and O–H groups in total. The van der Waals surface area contributed by atoms with Crippen LogP contribution in [0, 0.1) is 0 Å². The van der Waals surface area contributed by atoms with Crippen LogP contribution in [0.5, 0.6) is 17.2 Å². The van der Waals surface area contributed by atoms with Crippen molar-refractivity contribution in [1.29, 1.82) is 0 Å². The van der Waals surface area contributed by atoms with Gasteiger partial charge in [-0.15, -0.1) is 0 Å². The molecule has 1 amide bonds. The van der Waals surface area contributed by atoms with Gasteiger partial charge in [0.15, 0.2) is 0 Å². The highest BCUT2D eigenvalue weighted by Crippen LogP contribution is 2.25. The smallest absolute Gasteiger partial charge is 0.238 e. The molecule has 6 nitrogen and oxygen atoms in total. The van der Waals surface area contributed by atoms with Crippen molar-refractivity contribution in [1.82, 2.24) is 5.32 Å². The third-order valence-corrected chi connectivity index (χ3v) is 4.19. The van der Waals surface area contributed by atoms with Crippen molar-refractivity contribution in [3.63, 3.8) is 0 Å². The molecule has 3 rings (SSSR count). The van der Waals surface area contributed by atoms with E-state index < -0.39 is 0 Å². The maximum Gasteiger partial charge on any atom is 0.238 e. The number of nitrogens with one attached hydrogen (secondary N) is 2. The van der Waals surface area contributed by atoms with Crippen molar-refractivity contribution < 1.29 is 19.0 Å². The number of carbonyl (C=O) groups excluding carboxylic acids is 1. The minimum atomic E-state index is -0.0758. The van der Waals surface area contributed by atoms with E-state index in [1.807, 2.05) is 55.5 Å². The number of benzene rings is 2. The van der Waals surface area contributed by atoms with Crippen molar-refractivity contribution in [2.75, 3.05) is 31.6 Å². The van der Waals surface area contributed by atoms with Gasteiger partial charge in [-0.25, -0.2) is 0 Å². The van der Waals surface area contributed by atoms with Gasteiger partial charge in [-0.05, 0) is 68.3 Å². The molecule has 0 radical (unpaired) electrons. The normalized spacial score (nSPS) is 16.1. The Hall–Kier alpha value is -2.57. The monoisotopic (exact) mass is 370 g/mol. The number of hydrogen-bond acceptors (Lipinski definition) is 5. The zero-order valence-electron chi connectivity index (χ0n) is 15.6. The van der Waals surface area contributed by atoms with Crippen LogP contribution in [0.1, 0.15) is 19.8 Å². The maximum atomic E-state index is 12.0. The molecule has 2 aromatic rings. The first-order valence-corrected chi connectivity index (χ1v) is 9.36. The van der Waals surface area contributed by atoms with Crippen molar-refractivity contribution in [3.8, 4) is 17.2 Å². The van der Waals surface area contributed by atoms with Gasteiger partial charge in [-0.1, -0.05) is 0 Å². The predicted molar refractivity (Wildman–Crippen MR) is 105 cm³/mol. The van der Waals surface area contributed by atoms with Gasteiger partial charge in [0.1, 0.15) is 17.2 Å². The summed E-state index contributed by atoms with van der Waals surface area (Å²) in [4.78, 5) is 12.0. The second kappa shape index (κ2) is 9.94. The van der Waals surface area contributed by atoms with Gasteiger partial charge in [-0.2, -0.15) is 0 Å². The molecule has 144 valence electrons. The largest absolute Gasteiger partial charge is 0.494 e. The standard InChI is InChI=1S/C21H26N2O4/c1-2-25-17-9-11-19(12-10-17)27-18-7-5-16(6-8-18)23-21(24)15-22-14-20-4-3-13-26-20/h5-12,20,22H,2-4,13-15H2,1H3,(H,23,24). The summed E-state index contributed by atoms with van der Waals surface area (Å²) in [5.74, 6) is 2.17. The highest BCUT2D eigenvalue weighted by molar-refractivity contribution is 5.92. The lowest BCUT2D eigenvalue weighted by Crippen LogP contribution is -2.33. The van der Waals surface area contributed by atoms with Crippen LogP contribution in [0.25, 0.3) is 0 Å². The van der Waals surface area contributed by atoms with Gasteiger partial charge in [0, 0.05) is 18.8 Å². The molecule has 1 heterocycles. The van der Waals surface area contributed by atoms with Crippen molar-refractivity contribution in [2.24, 2.45) is 0 Å². The first-order valence-electron chi connectivity index (χ1n) is 9.36. The minimum absolute atomic E-state index is 0.0758. The summed E-state index contributed by atoms with van der Waals surface area (Å²) in [6.45, 7) is 4.39. The Morgan fingerprint density at radius 3 is 2.37 bits per heavy atom. The quantitative estimate of drug-likeness (QED) is 0.706. The fourth-order valence-electron chi connectivity index (χ4n) is 2.87. The van der Waals surface area contributed by atoms with Crippen LogP contribution in [-0.4, -0.2) is 38.3 Å². The summed E-state index contributed by atoms with van der Waals surface area (Å²) < 4.78 is 16.7. The molecule has 0 spiro atoms. The molecule has 1 aliphatic rings. The van der Waals surface area contributed by atoms with Gasteiger partial charge >= 0.3 is 0 Å². The zero-order valence-corrected chi connectivity index (χ0v) is 15.6. The van der Waals surface area contributed by atoms with Gasteiger partial charge < -0.3 is 24.8 Å². The highest BCUT2D eigenvalue weighted by Gasteiger charge is 2.15. The number of hydrogen-bond donors (Lipinski definition) is 2. The average Bonchev–Trinajstić information content (AvgIpc) is 3.19. The minimum Gasteiger partial charge on any atom is -0.494 e. The van der Waals surface area contributed by atoms with Gasteiger partial charge in [0.2, 0.25) is 5.91 Å². The lowest BCUT2D eigenvalue weighted by Gasteiger charge is -2.11. The summed E-state index contributed by atoms with van der Waals surface area (Å²) in [5, 5.41) is 6.00. The third kappa shape index (κ3) is 6.27. The van der Waals surface area contributed by atoms with Crippen LogP contribution >= 0.6 is 0 Å². The Morgan fingerprint density at radius 2 is 1.74 bits per heavy atom. The molecule has 1 atom stereocenters. The summed E-state index contributed by atoms with van der Waals surface area (Å²) in [7, 11) is 0. The van der Waals surface area contributed by atoms with Crippen LogP contribution in [0.15, 0.2) is 48.5 Å². The van der Waals surface area contributed by atoms with E-state index in [1.165, 1.54) is 0 Å². The Bertz CT molecular complexity index is 710. The molecule has 0 saturated carbocycles. The van der Waals surface area contributed by atoms with Gasteiger partial charge in [0.25, 0.3) is 0 Å². The van der Waals surface area contributed by atoms with Crippen LogP contribution in [0.3, 0.4) is 0 Å². The van der Waals surface area contributed by atoms with Gasteiger partial charge in [-0.3, -0.25) is 4.79 Å². The molecule has 2 aromatic carbocycles. The van der Waals surface area contributed by atoms with E-state index in [0.717, 1.165) is 36.6 Å². The molecule has 1 fully saturated rings. The molecule has 0 aliphatic carbocycles. The first-order chi connectivity index (χ1) is 13.2. The molecule has 1 saturated heterocycles. The van der Waals surface area contributed by atoms with Crippen LogP contribution in [0.4, 0.5) is 5.69 Å². The first kappa shape index (κ1) is 19.2.